The second-order valence-corrected chi connectivity index (χ2v) is 7.47. The van der Waals surface area contributed by atoms with Gasteiger partial charge in [-0.25, -0.2) is 0 Å². The van der Waals surface area contributed by atoms with Gasteiger partial charge in [0, 0.05) is 12.6 Å². The van der Waals surface area contributed by atoms with Gasteiger partial charge < -0.3 is 10.1 Å². The van der Waals surface area contributed by atoms with E-state index in [9.17, 15) is 0 Å². The van der Waals surface area contributed by atoms with Crippen LogP contribution in [0.2, 0.25) is 0 Å². The summed E-state index contributed by atoms with van der Waals surface area (Å²) >= 11 is 0. The van der Waals surface area contributed by atoms with Crippen LogP contribution in [0.5, 0.6) is 0 Å². The Balaban J connectivity index is 2.03. The molecule has 2 aliphatic rings. The molecule has 0 radical (unpaired) electrons. The van der Waals surface area contributed by atoms with E-state index in [0.29, 0.717) is 17.4 Å². The van der Waals surface area contributed by atoms with Gasteiger partial charge >= 0.3 is 0 Å². The first-order valence-corrected chi connectivity index (χ1v) is 7.22. The molecule has 0 bridgehead atoms. The first-order valence-electron chi connectivity index (χ1n) is 7.22. The van der Waals surface area contributed by atoms with Gasteiger partial charge in [0.15, 0.2) is 0 Å². The first-order chi connectivity index (χ1) is 7.85. The van der Waals surface area contributed by atoms with E-state index in [4.69, 9.17) is 4.74 Å². The molecule has 2 rings (SSSR count). The molecule has 2 atom stereocenters. The maximum absolute atomic E-state index is 6.19. The van der Waals surface area contributed by atoms with Crippen LogP contribution < -0.4 is 5.32 Å². The van der Waals surface area contributed by atoms with Crippen molar-refractivity contribution in [3.05, 3.63) is 0 Å². The molecule has 100 valence electrons. The van der Waals surface area contributed by atoms with Crippen molar-refractivity contribution in [3.63, 3.8) is 0 Å². The Labute approximate surface area is 107 Å². The quantitative estimate of drug-likeness (QED) is 0.816. The Morgan fingerprint density at radius 1 is 1.24 bits per heavy atom. The van der Waals surface area contributed by atoms with Gasteiger partial charge in [-0.15, -0.1) is 0 Å². The summed E-state index contributed by atoms with van der Waals surface area (Å²) in [4.78, 5) is 0. The largest absolute Gasteiger partial charge is 0.372 e. The average molecular weight is 239 g/mol. The summed E-state index contributed by atoms with van der Waals surface area (Å²) in [5.74, 6) is 1.49. The third kappa shape index (κ3) is 2.68. The molecule has 0 aromatic heterocycles. The lowest BCUT2D eigenvalue weighted by molar-refractivity contribution is -0.202. The SMILES string of the molecule is CC(C)CC(C)C1NCCOC12CC(C)(C)C2. The molecular formula is C15H29NO. The number of morpholine rings is 1. The first kappa shape index (κ1) is 13.4. The van der Waals surface area contributed by atoms with Gasteiger partial charge in [0.2, 0.25) is 0 Å². The van der Waals surface area contributed by atoms with Gasteiger partial charge in [-0.3, -0.25) is 0 Å². The van der Waals surface area contributed by atoms with Crippen LogP contribution in [0.15, 0.2) is 0 Å². The molecule has 1 saturated heterocycles. The van der Waals surface area contributed by atoms with E-state index in [2.05, 4.69) is 39.9 Å². The lowest BCUT2D eigenvalue weighted by Gasteiger charge is -2.60. The maximum Gasteiger partial charge on any atom is 0.0848 e. The van der Waals surface area contributed by atoms with Gasteiger partial charge in [0.1, 0.15) is 0 Å². The molecule has 1 aliphatic carbocycles. The van der Waals surface area contributed by atoms with Gasteiger partial charge in [0.05, 0.1) is 12.2 Å². The number of hydrogen-bond donors (Lipinski definition) is 1. The second-order valence-electron chi connectivity index (χ2n) is 7.47. The zero-order valence-corrected chi connectivity index (χ0v) is 12.2. The standard InChI is InChI=1S/C15H29NO/c1-11(2)8-12(3)13-15(17-7-6-16-13)9-14(4,5)10-15/h11-13,16H,6-10H2,1-5H3. The third-order valence-corrected chi connectivity index (χ3v) is 4.39. The number of nitrogens with one attached hydrogen (secondary N) is 1. The molecule has 1 spiro atoms. The molecule has 2 heteroatoms. The Morgan fingerprint density at radius 2 is 1.88 bits per heavy atom. The summed E-state index contributed by atoms with van der Waals surface area (Å²) in [7, 11) is 0. The van der Waals surface area contributed by atoms with Gasteiger partial charge in [-0.2, -0.15) is 0 Å². The minimum Gasteiger partial charge on any atom is -0.372 e. The summed E-state index contributed by atoms with van der Waals surface area (Å²) in [6, 6.07) is 0.562. The molecule has 2 fully saturated rings. The predicted molar refractivity (Wildman–Crippen MR) is 72.1 cm³/mol. The van der Waals surface area contributed by atoms with Crippen LogP contribution in [0.4, 0.5) is 0 Å². The van der Waals surface area contributed by atoms with Crippen molar-refractivity contribution in [2.45, 2.75) is 65.5 Å². The van der Waals surface area contributed by atoms with Crippen molar-refractivity contribution in [1.29, 1.82) is 0 Å². The summed E-state index contributed by atoms with van der Waals surface area (Å²) in [5, 5.41) is 3.73. The summed E-state index contributed by atoms with van der Waals surface area (Å²) < 4.78 is 6.19. The molecule has 1 saturated carbocycles. The molecule has 1 heterocycles. The average Bonchev–Trinajstić information content (AvgIpc) is 2.13. The highest BCUT2D eigenvalue weighted by Crippen LogP contribution is 2.54. The number of ether oxygens (including phenoxy) is 1. The number of rotatable bonds is 3. The summed E-state index contributed by atoms with van der Waals surface area (Å²) in [6.07, 6.45) is 3.74. The molecule has 1 aliphatic heterocycles. The van der Waals surface area contributed by atoms with Crippen LogP contribution in [-0.4, -0.2) is 24.8 Å². The lowest BCUT2D eigenvalue weighted by atomic mass is 9.56. The highest BCUT2D eigenvalue weighted by Gasteiger charge is 2.56. The molecule has 0 aromatic rings. The Bertz CT molecular complexity index is 264. The Kier molecular flexibility index (Phi) is 3.57. The number of hydrogen-bond acceptors (Lipinski definition) is 2. The fourth-order valence-corrected chi connectivity index (χ4v) is 4.23. The van der Waals surface area contributed by atoms with Crippen LogP contribution in [0.25, 0.3) is 0 Å². The van der Waals surface area contributed by atoms with Crippen molar-refractivity contribution in [2.24, 2.45) is 17.3 Å². The summed E-state index contributed by atoms with van der Waals surface area (Å²) in [6.45, 7) is 13.7. The van der Waals surface area contributed by atoms with Crippen molar-refractivity contribution in [3.8, 4) is 0 Å². The zero-order chi connectivity index (χ0) is 12.7. The van der Waals surface area contributed by atoms with Gasteiger partial charge in [-0.1, -0.05) is 34.6 Å². The normalized spacial score (nSPS) is 32.5. The predicted octanol–water partition coefficient (Wildman–Crippen LogP) is 3.22. The molecule has 0 aromatic carbocycles. The van der Waals surface area contributed by atoms with E-state index >= 15 is 0 Å². The molecule has 1 N–H and O–H groups in total. The van der Waals surface area contributed by atoms with Crippen LogP contribution in [0, 0.1) is 17.3 Å². The fourth-order valence-electron chi connectivity index (χ4n) is 4.23. The topological polar surface area (TPSA) is 21.3 Å². The van der Waals surface area contributed by atoms with Crippen LogP contribution >= 0.6 is 0 Å². The summed E-state index contributed by atoms with van der Waals surface area (Å²) in [5.41, 5.74) is 0.630. The van der Waals surface area contributed by atoms with E-state index in [-0.39, 0.29) is 5.60 Å². The minimum absolute atomic E-state index is 0.149. The van der Waals surface area contributed by atoms with Crippen LogP contribution in [0.1, 0.15) is 53.9 Å². The van der Waals surface area contributed by atoms with E-state index < -0.39 is 0 Å². The van der Waals surface area contributed by atoms with E-state index in [1.54, 1.807) is 0 Å². The molecule has 2 nitrogen and oxygen atoms in total. The third-order valence-electron chi connectivity index (χ3n) is 4.39. The van der Waals surface area contributed by atoms with E-state index in [1.807, 2.05) is 0 Å². The lowest BCUT2D eigenvalue weighted by Crippen LogP contribution is -2.68. The Hall–Kier alpha value is -0.0800. The smallest absolute Gasteiger partial charge is 0.0848 e. The monoisotopic (exact) mass is 239 g/mol. The van der Waals surface area contributed by atoms with Crippen molar-refractivity contribution < 1.29 is 4.74 Å². The molecule has 17 heavy (non-hydrogen) atoms. The molecular weight excluding hydrogens is 210 g/mol. The van der Waals surface area contributed by atoms with Crippen molar-refractivity contribution >= 4 is 0 Å². The van der Waals surface area contributed by atoms with E-state index in [0.717, 1.165) is 19.1 Å². The minimum atomic E-state index is 0.149. The molecule has 2 unspecified atom stereocenters. The van der Waals surface area contributed by atoms with Gasteiger partial charge in [0.25, 0.3) is 0 Å². The Morgan fingerprint density at radius 3 is 2.41 bits per heavy atom. The fraction of sp³-hybridized carbons (Fsp3) is 1.00. The van der Waals surface area contributed by atoms with Crippen LogP contribution in [0.3, 0.4) is 0 Å². The van der Waals surface area contributed by atoms with E-state index in [1.165, 1.54) is 19.3 Å². The zero-order valence-electron chi connectivity index (χ0n) is 12.2. The van der Waals surface area contributed by atoms with Gasteiger partial charge in [-0.05, 0) is 36.5 Å². The highest BCUT2D eigenvalue weighted by molar-refractivity contribution is 5.10. The second kappa shape index (κ2) is 4.55. The van der Waals surface area contributed by atoms with Crippen molar-refractivity contribution in [2.75, 3.05) is 13.2 Å². The van der Waals surface area contributed by atoms with Crippen molar-refractivity contribution in [1.82, 2.24) is 5.32 Å². The van der Waals surface area contributed by atoms with Crippen LogP contribution in [-0.2, 0) is 4.74 Å². The molecule has 0 amide bonds. The highest BCUT2D eigenvalue weighted by atomic mass is 16.5. The maximum atomic E-state index is 6.19.